The second kappa shape index (κ2) is 3.02. The Morgan fingerprint density at radius 2 is 2.08 bits per heavy atom. The maximum absolute atomic E-state index is 5.84. The van der Waals surface area contributed by atoms with Crippen molar-refractivity contribution in [3.8, 4) is 0 Å². The van der Waals surface area contributed by atoms with Crippen LogP contribution in [0.2, 0.25) is 0 Å². The predicted octanol–water partition coefficient (Wildman–Crippen LogP) is 2.55. The molecule has 0 bridgehead atoms. The third kappa shape index (κ3) is 1.52. The Labute approximate surface area is 75.7 Å². The van der Waals surface area contributed by atoms with Gasteiger partial charge in [0.25, 0.3) is 0 Å². The summed E-state index contributed by atoms with van der Waals surface area (Å²) in [5.74, 6) is 2.02. The molecule has 0 heterocycles. The van der Waals surface area contributed by atoms with E-state index in [1.807, 2.05) is 0 Å². The smallest absolute Gasteiger partial charge is 0.00204 e. The van der Waals surface area contributed by atoms with Crippen LogP contribution in [-0.4, -0.2) is 6.54 Å². The van der Waals surface area contributed by atoms with Crippen molar-refractivity contribution in [2.45, 2.75) is 45.4 Å². The molecule has 0 aromatic heterocycles. The van der Waals surface area contributed by atoms with Gasteiger partial charge in [-0.15, -0.1) is 0 Å². The van der Waals surface area contributed by atoms with Gasteiger partial charge in [-0.05, 0) is 55.9 Å². The Bertz CT molecular complexity index is 151. The van der Waals surface area contributed by atoms with Crippen molar-refractivity contribution in [2.75, 3.05) is 6.54 Å². The van der Waals surface area contributed by atoms with Crippen molar-refractivity contribution >= 4 is 0 Å². The molecule has 2 rings (SSSR count). The molecule has 0 aromatic carbocycles. The first-order chi connectivity index (χ1) is 5.76. The molecule has 1 atom stereocenters. The zero-order valence-electron chi connectivity index (χ0n) is 8.18. The molecule has 0 spiro atoms. The Kier molecular flexibility index (Phi) is 2.16. The van der Waals surface area contributed by atoms with Crippen LogP contribution in [0.15, 0.2) is 0 Å². The maximum atomic E-state index is 5.84. The Morgan fingerprint density at radius 3 is 2.42 bits per heavy atom. The first-order valence-corrected chi connectivity index (χ1v) is 5.46. The van der Waals surface area contributed by atoms with Gasteiger partial charge in [0.1, 0.15) is 0 Å². The normalized spacial score (nSPS) is 29.5. The van der Waals surface area contributed by atoms with E-state index >= 15 is 0 Å². The zero-order chi connectivity index (χ0) is 8.60. The average Bonchev–Trinajstić information content (AvgIpc) is 2.78. The molecule has 0 amide bonds. The fourth-order valence-electron chi connectivity index (χ4n) is 2.68. The Morgan fingerprint density at radius 1 is 1.42 bits per heavy atom. The van der Waals surface area contributed by atoms with Gasteiger partial charge in [-0.2, -0.15) is 0 Å². The maximum Gasteiger partial charge on any atom is -0.00204 e. The van der Waals surface area contributed by atoms with Gasteiger partial charge in [-0.3, -0.25) is 0 Å². The molecule has 2 N–H and O–H groups in total. The summed E-state index contributed by atoms with van der Waals surface area (Å²) >= 11 is 0. The quantitative estimate of drug-likeness (QED) is 0.684. The van der Waals surface area contributed by atoms with Gasteiger partial charge in [0.05, 0.1) is 0 Å². The van der Waals surface area contributed by atoms with Gasteiger partial charge in [0.15, 0.2) is 0 Å². The monoisotopic (exact) mass is 167 g/mol. The minimum atomic E-state index is 0.585. The van der Waals surface area contributed by atoms with E-state index in [0.717, 1.165) is 18.4 Å². The van der Waals surface area contributed by atoms with E-state index in [0.29, 0.717) is 5.41 Å². The lowest BCUT2D eigenvalue weighted by Gasteiger charge is -2.43. The van der Waals surface area contributed by atoms with Crippen LogP contribution >= 0.6 is 0 Å². The summed E-state index contributed by atoms with van der Waals surface area (Å²) < 4.78 is 0. The van der Waals surface area contributed by atoms with Crippen LogP contribution in [0.4, 0.5) is 0 Å². The summed E-state index contributed by atoms with van der Waals surface area (Å²) in [4.78, 5) is 0. The Hall–Kier alpha value is -0.0400. The van der Waals surface area contributed by atoms with E-state index in [2.05, 4.69) is 6.92 Å². The summed E-state index contributed by atoms with van der Waals surface area (Å²) in [5, 5.41) is 0. The molecule has 0 radical (unpaired) electrons. The van der Waals surface area contributed by atoms with Gasteiger partial charge < -0.3 is 5.73 Å². The lowest BCUT2D eigenvalue weighted by Crippen LogP contribution is -2.38. The number of hydrogen-bond donors (Lipinski definition) is 1. The minimum absolute atomic E-state index is 0.585. The van der Waals surface area contributed by atoms with E-state index in [1.54, 1.807) is 0 Å². The lowest BCUT2D eigenvalue weighted by atomic mass is 9.64. The van der Waals surface area contributed by atoms with Crippen LogP contribution in [0.25, 0.3) is 0 Å². The fourth-order valence-corrected chi connectivity index (χ4v) is 2.68. The van der Waals surface area contributed by atoms with Crippen LogP contribution in [0.3, 0.4) is 0 Å². The second-order valence-electron chi connectivity index (χ2n) is 5.08. The number of rotatable bonds is 4. The third-order valence-corrected chi connectivity index (χ3v) is 4.03. The van der Waals surface area contributed by atoms with Crippen LogP contribution in [0, 0.1) is 17.3 Å². The molecule has 0 aliphatic heterocycles. The van der Waals surface area contributed by atoms with E-state index in [-0.39, 0.29) is 0 Å². The highest BCUT2D eigenvalue weighted by atomic mass is 14.6. The first kappa shape index (κ1) is 8.55. The second-order valence-corrected chi connectivity index (χ2v) is 5.08. The van der Waals surface area contributed by atoms with E-state index in [9.17, 15) is 0 Å². The molecule has 0 aromatic rings. The van der Waals surface area contributed by atoms with E-state index in [1.165, 1.54) is 38.5 Å². The molecule has 2 aliphatic rings. The van der Waals surface area contributed by atoms with Crippen molar-refractivity contribution in [2.24, 2.45) is 23.0 Å². The topological polar surface area (TPSA) is 26.0 Å². The molecule has 2 aliphatic carbocycles. The summed E-state index contributed by atoms with van der Waals surface area (Å²) in [5.41, 5.74) is 6.42. The summed E-state index contributed by atoms with van der Waals surface area (Å²) in [6.07, 6.45) is 8.62. The predicted molar refractivity (Wildman–Crippen MR) is 51.8 cm³/mol. The minimum Gasteiger partial charge on any atom is -0.330 e. The average molecular weight is 167 g/mol. The van der Waals surface area contributed by atoms with Gasteiger partial charge >= 0.3 is 0 Å². The summed E-state index contributed by atoms with van der Waals surface area (Å²) in [6, 6.07) is 0. The highest BCUT2D eigenvalue weighted by Crippen LogP contribution is 2.49. The first-order valence-electron chi connectivity index (χ1n) is 5.46. The molecule has 2 saturated carbocycles. The summed E-state index contributed by atoms with van der Waals surface area (Å²) in [6.45, 7) is 3.36. The molecular weight excluding hydrogens is 146 g/mol. The van der Waals surface area contributed by atoms with Crippen molar-refractivity contribution in [3.05, 3.63) is 0 Å². The molecule has 0 saturated heterocycles. The van der Waals surface area contributed by atoms with Crippen molar-refractivity contribution in [3.63, 3.8) is 0 Å². The molecular formula is C11H21N. The van der Waals surface area contributed by atoms with Crippen molar-refractivity contribution in [1.29, 1.82) is 0 Å². The fraction of sp³-hybridized carbons (Fsp3) is 1.00. The number of hydrogen-bond acceptors (Lipinski definition) is 1. The van der Waals surface area contributed by atoms with Gasteiger partial charge in [-0.25, -0.2) is 0 Å². The summed E-state index contributed by atoms with van der Waals surface area (Å²) in [7, 11) is 0. The molecule has 12 heavy (non-hydrogen) atoms. The van der Waals surface area contributed by atoms with Crippen molar-refractivity contribution < 1.29 is 0 Å². The zero-order valence-corrected chi connectivity index (χ0v) is 8.18. The van der Waals surface area contributed by atoms with Crippen molar-refractivity contribution in [1.82, 2.24) is 0 Å². The van der Waals surface area contributed by atoms with Gasteiger partial charge in [0.2, 0.25) is 0 Å². The third-order valence-electron chi connectivity index (χ3n) is 4.03. The van der Waals surface area contributed by atoms with Crippen LogP contribution in [0.1, 0.15) is 45.4 Å². The standard InChI is InChI=1S/C11H21N/c1-9(10-3-4-10)7-11(8-12)5-2-6-11/h9-10H,2-8,12H2,1H3. The van der Waals surface area contributed by atoms with Crippen LogP contribution < -0.4 is 5.73 Å². The van der Waals surface area contributed by atoms with E-state index < -0.39 is 0 Å². The van der Waals surface area contributed by atoms with Gasteiger partial charge in [0, 0.05) is 0 Å². The highest BCUT2D eigenvalue weighted by Gasteiger charge is 2.40. The van der Waals surface area contributed by atoms with Gasteiger partial charge in [-0.1, -0.05) is 13.3 Å². The molecule has 1 unspecified atom stereocenters. The molecule has 70 valence electrons. The highest BCUT2D eigenvalue weighted by molar-refractivity contribution is 4.92. The van der Waals surface area contributed by atoms with E-state index in [4.69, 9.17) is 5.73 Å². The molecule has 1 heteroatoms. The van der Waals surface area contributed by atoms with Crippen LogP contribution in [-0.2, 0) is 0 Å². The molecule has 2 fully saturated rings. The Balaban J connectivity index is 1.82. The van der Waals surface area contributed by atoms with Crippen LogP contribution in [0.5, 0.6) is 0 Å². The largest absolute Gasteiger partial charge is 0.330 e. The molecule has 1 nitrogen and oxygen atoms in total. The number of nitrogens with two attached hydrogens (primary N) is 1. The SMILES string of the molecule is CC(CC1(CN)CCC1)C1CC1. The lowest BCUT2D eigenvalue weighted by molar-refractivity contribution is 0.102.